The van der Waals surface area contributed by atoms with Crippen LogP contribution in [0.5, 0.6) is 0 Å². The summed E-state index contributed by atoms with van der Waals surface area (Å²) in [5.74, 6) is -0.318. The number of thiocarbonyl (C=S) groups is 1. The molecule has 1 aromatic heterocycles. The molecule has 0 saturated heterocycles. The fourth-order valence-corrected chi connectivity index (χ4v) is 2.69. The van der Waals surface area contributed by atoms with Crippen molar-refractivity contribution in [1.29, 1.82) is 0 Å². The van der Waals surface area contributed by atoms with E-state index in [-0.39, 0.29) is 11.9 Å². The third-order valence-electron chi connectivity index (χ3n) is 3.80. The highest BCUT2D eigenvalue weighted by Crippen LogP contribution is 2.21. The molecule has 0 aliphatic heterocycles. The van der Waals surface area contributed by atoms with E-state index in [0.717, 1.165) is 18.7 Å². The third kappa shape index (κ3) is 4.97. The van der Waals surface area contributed by atoms with Gasteiger partial charge in [0, 0.05) is 25.5 Å². The van der Waals surface area contributed by atoms with E-state index >= 15 is 0 Å². The minimum atomic E-state index is -0.318. The number of benzene rings is 1. The van der Waals surface area contributed by atoms with Crippen LogP contribution in [0.25, 0.3) is 0 Å². The standard InChI is InChI=1S/C18H23FN4S/c1-14(15-7-6-10-20-13-15)23(12-11-22(2)3)18(24)21-17-9-5-4-8-16(17)19/h4-10,13-14H,11-12H2,1-3H3,(H,21,24). The summed E-state index contributed by atoms with van der Waals surface area (Å²) in [5.41, 5.74) is 1.45. The average molecular weight is 346 g/mol. The SMILES string of the molecule is CC(c1cccnc1)N(CCN(C)C)C(=S)Nc1ccccc1F. The number of nitrogens with one attached hydrogen (secondary N) is 1. The van der Waals surface area contributed by atoms with Crippen molar-refractivity contribution in [2.75, 3.05) is 32.5 Å². The summed E-state index contributed by atoms with van der Waals surface area (Å²) >= 11 is 5.55. The van der Waals surface area contributed by atoms with Crippen LogP contribution in [0, 0.1) is 5.82 Å². The van der Waals surface area contributed by atoms with Gasteiger partial charge in [0.15, 0.2) is 5.11 Å². The fourth-order valence-electron chi connectivity index (χ4n) is 2.33. The number of hydrogen-bond donors (Lipinski definition) is 1. The molecule has 0 spiro atoms. The zero-order chi connectivity index (χ0) is 17.5. The number of nitrogens with zero attached hydrogens (tertiary/aromatic N) is 3. The van der Waals surface area contributed by atoms with Crippen molar-refractivity contribution >= 4 is 23.0 Å². The molecule has 2 aromatic rings. The minimum absolute atomic E-state index is 0.0328. The fraction of sp³-hybridized carbons (Fsp3) is 0.333. The Morgan fingerprint density at radius 2 is 1.96 bits per heavy atom. The molecule has 0 radical (unpaired) electrons. The van der Waals surface area contributed by atoms with E-state index in [2.05, 4.69) is 27.0 Å². The van der Waals surface area contributed by atoms with E-state index in [1.807, 2.05) is 32.4 Å². The van der Waals surface area contributed by atoms with Gasteiger partial charge in [0.05, 0.1) is 11.7 Å². The molecule has 0 aliphatic rings. The van der Waals surface area contributed by atoms with Crippen molar-refractivity contribution in [3.05, 3.63) is 60.2 Å². The summed E-state index contributed by atoms with van der Waals surface area (Å²) < 4.78 is 13.9. The van der Waals surface area contributed by atoms with Gasteiger partial charge < -0.3 is 15.1 Å². The Morgan fingerprint density at radius 1 is 1.21 bits per heavy atom. The van der Waals surface area contributed by atoms with Gasteiger partial charge in [0.2, 0.25) is 0 Å². The van der Waals surface area contributed by atoms with E-state index < -0.39 is 0 Å². The molecule has 0 aliphatic carbocycles. The molecule has 1 heterocycles. The Kier molecular flexibility index (Phi) is 6.63. The zero-order valence-electron chi connectivity index (χ0n) is 14.2. The highest BCUT2D eigenvalue weighted by molar-refractivity contribution is 7.80. The summed E-state index contributed by atoms with van der Waals surface area (Å²) in [5, 5.41) is 3.53. The Hall–Kier alpha value is -2.05. The van der Waals surface area contributed by atoms with Crippen LogP contribution in [0.3, 0.4) is 0 Å². The van der Waals surface area contributed by atoms with Crippen LogP contribution < -0.4 is 5.32 Å². The lowest BCUT2D eigenvalue weighted by molar-refractivity contribution is 0.289. The van der Waals surface area contributed by atoms with Gasteiger partial charge in [-0.1, -0.05) is 18.2 Å². The molecule has 1 atom stereocenters. The second kappa shape index (κ2) is 8.70. The van der Waals surface area contributed by atoms with Gasteiger partial charge in [0.25, 0.3) is 0 Å². The quantitative estimate of drug-likeness (QED) is 0.809. The molecule has 24 heavy (non-hydrogen) atoms. The summed E-state index contributed by atoms with van der Waals surface area (Å²) in [7, 11) is 4.03. The van der Waals surface area contributed by atoms with Crippen molar-refractivity contribution in [3.63, 3.8) is 0 Å². The van der Waals surface area contributed by atoms with Crippen LogP contribution in [-0.2, 0) is 0 Å². The lowest BCUT2D eigenvalue weighted by Crippen LogP contribution is -2.41. The third-order valence-corrected chi connectivity index (χ3v) is 4.14. The summed E-state index contributed by atoms with van der Waals surface area (Å²) in [6.45, 7) is 3.63. The van der Waals surface area contributed by atoms with Gasteiger partial charge in [-0.15, -0.1) is 0 Å². The maximum atomic E-state index is 13.9. The summed E-state index contributed by atoms with van der Waals surface area (Å²) in [4.78, 5) is 8.33. The number of likely N-dealkylation sites (N-methyl/N-ethyl adjacent to an activating group) is 1. The first-order valence-electron chi connectivity index (χ1n) is 7.86. The van der Waals surface area contributed by atoms with Gasteiger partial charge in [-0.05, 0) is 57.0 Å². The number of rotatable bonds is 6. The van der Waals surface area contributed by atoms with Crippen LogP contribution in [0.15, 0.2) is 48.8 Å². The zero-order valence-corrected chi connectivity index (χ0v) is 15.1. The molecule has 0 saturated carbocycles. The smallest absolute Gasteiger partial charge is 0.174 e. The van der Waals surface area contributed by atoms with Gasteiger partial charge in [-0.3, -0.25) is 4.98 Å². The molecular formula is C18H23FN4S. The van der Waals surface area contributed by atoms with Gasteiger partial charge in [-0.2, -0.15) is 0 Å². The highest BCUT2D eigenvalue weighted by Gasteiger charge is 2.19. The molecule has 2 rings (SSSR count). The van der Waals surface area contributed by atoms with Crippen molar-refractivity contribution in [1.82, 2.24) is 14.8 Å². The normalized spacial score (nSPS) is 12.0. The molecule has 1 aromatic carbocycles. The van der Waals surface area contributed by atoms with Crippen molar-refractivity contribution in [3.8, 4) is 0 Å². The molecule has 1 unspecified atom stereocenters. The average Bonchev–Trinajstić information content (AvgIpc) is 2.57. The monoisotopic (exact) mass is 346 g/mol. The molecule has 1 N–H and O–H groups in total. The Morgan fingerprint density at radius 3 is 2.58 bits per heavy atom. The first kappa shape index (κ1) is 18.3. The van der Waals surface area contributed by atoms with Gasteiger partial charge in [0.1, 0.15) is 5.82 Å². The first-order valence-corrected chi connectivity index (χ1v) is 8.26. The molecule has 6 heteroatoms. The van der Waals surface area contributed by atoms with Gasteiger partial charge in [-0.25, -0.2) is 4.39 Å². The second-order valence-corrected chi connectivity index (χ2v) is 6.26. The van der Waals surface area contributed by atoms with E-state index in [0.29, 0.717) is 10.8 Å². The van der Waals surface area contributed by atoms with Crippen LogP contribution >= 0.6 is 12.2 Å². The largest absolute Gasteiger partial charge is 0.341 e. The molecule has 0 amide bonds. The number of halogens is 1. The van der Waals surface area contributed by atoms with Crippen molar-refractivity contribution in [2.24, 2.45) is 0 Å². The van der Waals surface area contributed by atoms with Crippen LogP contribution in [0.2, 0.25) is 0 Å². The van der Waals surface area contributed by atoms with E-state index in [1.165, 1.54) is 6.07 Å². The number of anilines is 1. The number of pyridine rings is 1. The van der Waals surface area contributed by atoms with Crippen LogP contribution in [-0.4, -0.2) is 47.1 Å². The van der Waals surface area contributed by atoms with E-state index in [4.69, 9.17) is 12.2 Å². The predicted octanol–water partition coefficient (Wildman–Crippen LogP) is 3.54. The van der Waals surface area contributed by atoms with E-state index in [1.54, 1.807) is 24.4 Å². The van der Waals surface area contributed by atoms with Crippen molar-refractivity contribution < 1.29 is 4.39 Å². The molecule has 0 bridgehead atoms. The topological polar surface area (TPSA) is 31.4 Å². The molecular weight excluding hydrogens is 323 g/mol. The maximum Gasteiger partial charge on any atom is 0.174 e. The number of para-hydroxylation sites is 1. The molecule has 0 fully saturated rings. The molecule has 128 valence electrons. The lowest BCUT2D eigenvalue weighted by Gasteiger charge is -2.33. The summed E-state index contributed by atoms with van der Waals surface area (Å²) in [6, 6.07) is 10.5. The minimum Gasteiger partial charge on any atom is -0.341 e. The lowest BCUT2D eigenvalue weighted by atomic mass is 10.1. The van der Waals surface area contributed by atoms with Crippen molar-refractivity contribution in [2.45, 2.75) is 13.0 Å². The van der Waals surface area contributed by atoms with E-state index in [9.17, 15) is 4.39 Å². The Labute approximate surface area is 148 Å². The number of aromatic nitrogens is 1. The van der Waals surface area contributed by atoms with Crippen LogP contribution in [0.4, 0.5) is 10.1 Å². The predicted molar refractivity (Wildman–Crippen MR) is 101 cm³/mol. The molecule has 4 nitrogen and oxygen atoms in total. The first-order chi connectivity index (χ1) is 11.5. The van der Waals surface area contributed by atoms with Crippen LogP contribution in [0.1, 0.15) is 18.5 Å². The summed E-state index contributed by atoms with van der Waals surface area (Å²) in [6.07, 6.45) is 3.58. The van der Waals surface area contributed by atoms with Gasteiger partial charge >= 0.3 is 0 Å². The Bertz CT molecular complexity index is 663. The Balaban J connectivity index is 2.18. The highest BCUT2D eigenvalue weighted by atomic mass is 32.1. The number of hydrogen-bond acceptors (Lipinski definition) is 3. The second-order valence-electron chi connectivity index (χ2n) is 5.87. The maximum absolute atomic E-state index is 13.9.